The highest BCUT2D eigenvalue weighted by atomic mass is 32.1. The molecule has 0 saturated carbocycles. The summed E-state index contributed by atoms with van der Waals surface area (Å²) in [6.45, 7) is 1.28. The maximum atomic E-state index is 12.3. The Morgan fingerprint density at radius 1 is 1.41 bits per heavy atom. The van der Waals surface area contributed by atoms with Crippen molar-refractivity contribution in [2.75, 3.05) is 20.2 Å². The Morgan fingerprint density at radius 2 is 2.23 bits per heavy atom. The first kappa shape index (κ1) is 14.8. The molecular weight excluding hydrogens is 302 g/mol. The molecule has 2 aromatic heterocycles. The summed E-state index contributed by atoms with van der Waals surface area (Å²) in [6.07, 6.45) is 4.28. The van der Waals surface area contributed by atoms with E-state index in [4.69, 9.17) is 9.47 Å². The first-order chi connectivity index (χ1) is 10.8. The number of methoxy groups -OCH3 is 1. The van der Waals surface area contributed by atoms with E-state index in [9.17, 15) is 4.79 Å². The molecule has 6 nitrogen and oxygen atoms in total. The Bertz CT molecular complexity index is 633. The fraction of sp³-hybridized carbons (Fsp3) is 0.400. The summed E-state index contributed by atoms with van der Waals surface area (Å²) in [5.41, 5.74) is 1.06. The highest BCUT2D eigenvalue weighted by Crippen LogP contribution is 2.24. The number of carbonyl (C=O) groups is 1. The van der Waals surface area contributed by atoms with Gasteiger partial charge in [0.15, 0.2) is 0 Å². The second-order valence-corrected chi connectivity index (χ2v) is 5.83. The standard InChI is InChI=1S/C15H17N3O3S/c1-20-14-15(17-5-4-16-14)21-12-2-6-18(9-12)13(19)8-11-3-7-22-10-11/h3-5,7,10,12H,2,6,8-9H2,1H3/t12-/m0/s1. The first-order valence-corrected chi connectivity index (χ1v) is 8.01. The molecular formula is C15H17N3O3S. The lowest BCUT2D eigenvalue weighted by Crippen LogP contribution is -2.32. The van der Waals surface area contributed by atoms with Crippen molar-refractivity contribution in [2.45, 2.75) is 18.9 Å². The second kappa shape index (κ2) is 6.74. The molecule has 3 rings (SSSR count). The van der Waals surface area contributed by atoms with E-state index < -0.39 is 0 Å². The number of hydrogen-bond donors (Lipinski definition) is 0. The van der Waals surface area contributed by atoms with Gasteiger partial charge in [-0.2, -0.15) is 11.3 Å². The molecule has 0 bridgehead atoms. The van der Waals surface area contributed by atoms with Crippen LogP contribution in [0.4, 0.5) is 0 Å². The van der Waals surface area contributed by atoms with Gasteiger partial charge in [0.1, 0.15) is 6.10 Å². The predicted octanol–water partition coefficient (Wildman–Crippen LogP) is 1.77. The smallest absolute Gasteiger partial charge is 0.278 e. The lowest BCUT2D eigenvalue weighted by atomic mass is 10.2. The lowest BCUT2D eigenvalue weighted by Gasteiger charge is -2.17. The van der Waals surface area contributed by atoms with Gasteiger partial charge in [-0.1, -0.05) is 0 Å². The number of amides is 1. The van der Waals surface area contributed by atoms with Crippen molar-refractivity contribution in [1.82, 2.24) is 14.9 Å². The molecule has 3 heterocycles. The normalized spacial score (nSPS) is 17.5. The largest absolute Gasteiger partial charge is 0.477 e. The van der Waals surface area contributed by atoms with Crippen LogP contribution in [0, 0.1) is 0 Å². The van der Waals surface area contributed by atoms with E-state index in [0.717, 1.165) is 12.0 Å². The van der Waals surface area contributed by atoms with Gasteiger partial charge in [-0.15, -0.1) is 0 Å². The van der Waals surface area contributed by atoms with Gasteiger partial charge >= 0.3 is 0 Å². The Labute approximate surface area is 132 Å². The fourth-order valence-corrected chi connectivity index (χ4v) is 3.09. The van der Waals surface area contributed by atoms with Crippen molar-refractivity contribution in [3.05, 3.63) is 34.8 Å². The average Bonchev–Trinajstić information content (AvgIpc) is 3.19. The zero-order valence-electron chi connectivity index (χ0n) is 12.3. The molecule has 0 aromatic carbocycles. The zero-order valence-corrected chi connectivity index (χ0v) is 13.1. The third kappa shape index (κ3) is 3.36. The van der Waals surface area contributed by atoms with Gasteiger partial charge in [0.2, 0.25) is 5.91 Å². The molecule has 116 valence electrons. The van der Waals surface area contributed by atoms with Crippen LogP contribution in [0.5, 0.6) is 11.8 Å². The van der Waals surface area contributed by atoms with Gasteiger partial charge in [0, 0.05) is 25.4 Å². The number of hydrogen-bond acceptors (Lipinski definition) is 6. The zero-order chi connectivity index (χ0) is 15.4. The number of ether oxygens (including phenoxy) is 2. The molecule has 0 unspecified atom stereocenters. The van der Waals surface area contributed by atoms with E-state index in [0.29, 0.717) is 31.3 Å². The van der Waals surface area contributed by atoms with Crippen LogP contribution in [-0.2, 0) is 11.2 Å². The molecule has 1 fully saturated rings. The molecule has 1 amide bonds. The third-order valence-corrected chi connectivity index (χ3v) is 4.27. The summed E-state index contributed by atoms with van der Waals surface area (Å²) in [5, 5.41) is 3.99. The van der Waals surface area contributed by atoms with E-state index in [-0.39, 0.29) is 12.0 Å². The predicted molar refractivity (Wildman–Crippen MR) is 82.2 cm³/mol. The van der Waals surface area contributed by atoms with Crippen molar-refractivity contribution in [3.8, 4) is 11.8 Å². The summed E-state index contributed by atoms with van der Waals surface area (Å²) < 4.78 is 10.9. The Balaban J connectivity index is 1.57. The number of rotatable bonds is 5. The van der Waals surface area contributed by atoms with Crippen LogP contribution in [0.1, 0.15) is 12.0 Å². The SMILES string of the molecule is COc1nccnc1O[C@H]1CCN(C(=O)Cc2ccsc2)C1. The molecule has 7 heteroatoms. The Morgan fingerprint density at radius 3 is 2.95 bits per heavy atom. The van der Waals surface area contributed by atoms with Crippen LogP contribution >= 0.6 is 11.3 Å². The monoisotopic (exact) mass is 319 g/mol. The van der Waals surface area contributed by atoms with E-state index in [1.165, 1.54) is 7.11 Å². The van der Waals surface area contributed by atoms with Gasteiger partial charge in [0.05, 0.1) is 20.1 Å². The molecule has 0 spiro atoms. The van der Waals surface area contributed by atoms with Crippen molar-refractivity contribution in [2.24, 2.45) is 0 Å². The van der Waals surface area contributed by atoms with Gasteiger partial charge < -0.3 is 14.4 Å². The molecule has 1 saturated heterocycles. The molecule has 2 aromatic rings. The topological polar surface area (TPSA) is 64.6 Å². The summed E-state index contributed by atoms with van der Waals surface area (Å²) in [5.74, 6) is 0.878. The van der Waals surface area contributed by atoms with Crippen molar-refractivity contribution < 1.29 is 14.3 Å². The number of thiophene rings is 1. The molecule has 1 aliphatic heterocycles. The minimum atomic E-state index is -0.0722. The molecule has 0 radical (unpaired) electrons. The second-order valence-electron chi connectivity index (χ2n) is 5.05. The number of carbonyl (C=O) groups excluding carboxylic acids is 1. The molecule has 1 aliphatic rings. The maximum Gasteiger partial charge on any atom is 0.278 e. The third-order valence-electron chi connectivity index (χ3n) is 3.54. The number of likely N-dealkylation sites (tertiary alicyclic amines) is 1. The van der Waals surface area contributed by atoms with Gasteiger partial charge in [-0.25, -0.2) is 9.97 Å². The molecule has 0 N–H and O–H groups in total. The number of aromatic nitrogens is 2. The highest BCUT2D eigenvalue weighted by molar-refractivity contribution is 7.07. The minimum Gasteiger partial charge on any atom is -0.477 e. The van der Waals surface area contributed by atoms with Crippen LogP contribution in [0.15, 0.2) is 29.2 Å². The van der Waals surface area contributed by atoms with Crippen LogP contribution in [0.2, 0.25) is 0 Å². The van der Waals surface area contributed by atoms with E-state index in [2.05, 4.69) is 9.97 Å². The van der Waals surface area contributed by atoms with Crippen molar-refractivity contribution in [1.29, 1.82) is 0 Å². The van der Waals surface area contributed by atoms with Crippen LogP contribution < -0.4 is 9.47 Å². The van der Waals surface area contributed by atoms with E-state index in [1.54, 1.807) is 23.7 Å². The average molecular weight is 319 g/mol. The van der Waals surface area contributed by atoms with Gasteiger partial charge in [-0.3, -0.25) is 4.79 Å². The van der Waals surface area contributed by atoms with E-state index in [1.807, 2.05) is 21.7 Å². The summed E-state index contributed by atoms with van der Waals surface area (Å²) in [7, 11) is 1.53. The molecule has 1 atom stereocenters. The molecule has 22 heavy (non-hydrogen) atoms. The highest BCUT2D eigenvalue weighted by Gasteiger charge is 2.28. The van der Waals surface area contributed by atoms with Crippen LogP contribution in [0.25, 0.3) is 0 Å². The fourth-order valence-electron chi connectivity index (χ4n) is 2.42. The van der Waals surface area contributed by atoms with Gasteiger partial charge in [-0.05, 0) is 22.4 Å². The quantitative estimate of drug-likeness (QED) is 0.840. The van der Waals surface area contributed by atoms with Crippen molar-refractivity contribution in [3.63, 3.8) is 0 Å². The van der Waals surface area contributed by atoms with Crippen LogP contribution in [0.3, 0.4) is 0 Å². The number of nitrogens with zero attached hydrogens (tertiary/aromatic N) is 3. The van der Waals surface area contributed by atoms with Crippen molar-refractivity contribution >= 4 is 17.2 Å². The Kier molecular flexibility index (Phi) is 4.53. The minimum absolute atomic E-state index is 0.0722. The summed E-state index contributed by atoms with van der Waals surface area (Å²) in [6, 6.07) is 1.98. The summed E-state index contributed by atoms with van der Waals surface area (Å²) >= 11 is 1.61. The maximum absolute atomic E-state index is 12.3. The van der Waals surface area contributed by atoms with E-state index >= 15 is 0 Å². The summed E-state index contributed by atoms with van der Waals surface area (Å²) in [4.78, 5) is 22.3. The lowest BCUT2D eigenvalue weighted by molar-refractivity contribution is -0.129. The van der Waals surface area contributed by atoms with Crippen LogP contribution in [-0.4, -0.2) is 47.1 Å². The Hall–Kier alpha value is -2.15. The first-order valence-electron chi connectivity index (χ1n) is 7.07. The van der Waals surface area contributed by atoms with Gasteiger partial charge in [0.25, 0.3) is 11.8 Å². The molecule has 0 aliphatic carbocycles.